The van der Waals surface area contributed by atoms with E-state index in [-0.39, 0.29) is 5.75 Å². The molecule has 0 aliphatic heterocycles. The Kier molecular flexibility index (Phi) is 4.78. The van der Waals surface area contributed by atoms with Gasteiger partial charge in [-0.2, -0.15) is 0 Å². The summed E-state index contributed by atoms with van der Waals surface area (Å²) >= 11 is 0. The van der Waals surface area contributed by atoms with Crippen LogP contribution >= 0.6 is 0 Å². The first kappa shape index (κ1) is 13.0. The first-order valence-electron chi connectivity index (χ1n) is 6.07. The zero-order valence-electron chi connectivity index (χ0n) is 10.3. The van der Waals surface area contributed by atoms with Crippen LogP contribution in [0.5, 0.6) is 5.75 Å². The summed E-state index contributed by atoms with van der Waals surface area (Å²) in [6.45, 7) is 6.17. The lowest BCUT2D eigenvalue weighted by Crippen LogP contribution is -1.97. The van der Waals surface area contributed by atoms with Crippen molar-refractivity contribution < 1.29 is 9.50 Å². The van der Waals surface area contributed by atoms with E-state index >= 15 is 0 Å². The molecule has 16 heavy (non-hydrogen) atoms. The van der Waals surface area contributed by atoms with Crippen molar-refractivity contribution in [1.29, 1.82) is 0 Å². The Morgan fingerprint density at radius 1 is 1.31 bits per heavy atom. The number of hydrogen-bond donors (Lipinski definition) is 1. The minimum atomic E-state index is -1.05. The van der Waals surface area contributed by atoms with Crippen LogP contribution in [0.25, 0.3) is 0 Å². The van der Waals surface area contributed by atoms with Crippen LogP contribution in [0.1, 0.15) is 63.3 Å². The maximum atomic E-state index is 13.8. The molecule has 0 radical (unpaired) electrons. The number of aromatic hydroxyl groups is 1. The van der Waals surface area contributed by atoms with E-state index in [9.17, 15) is 9.50 Å². The van der Waals surface area contributed by atoms with Gasteiger partial charge in [0.2, 0.25) is 0 Å². The van der Waals surface area contributed by atoms with Crippen LogP contribution in [0.4, 0.5) is 4.39 Å². The number of phenolic OH excluding ortho intramolecular Hbond substituents is 1. The third-order valence-electron chi connectivity index (χ3n) is 3.11. The topological polar surface area (TPSA) is 20.2 Å². The Balaban J connectivity index is 2.98. The van der Waals surface area contributed by atoms with E-state index in [0.717, 1.165) is 18.4 Å². The molecule has 2 heteroatoms. The molecule has 90 valence electrons. The molecule has 0 saturated carbocycles. The zero-order chi connectivity index (χ0) is 12.1. The van der Waals surface area contributed by atoms with Crippen LogP contribution in [0.15, 0.2) is 18.2 Å². The van der Waals surface area contributed by atoms with Gasteiger partial charge in [-0.1, -0.05) is 33.3 Å². The van der Waals surface area contributed by atoms with E-state index in [4.69, 9.17) is 0 Å². The van der Waals surface area contributed by atoms with Gasteiger partial charge < -0.3 is 5.11 Å². The molecule has 2 unspecified atom stereocenters. The Hall–Kier alpha value is -1.05. The number of halogens is 1. The fourth-order valence-electron chi connectivity index (χ4n) is 1.78. The van der Waals surface area contributed by atoms with Crippen LogP contribution in [0.2, 0.25) is 0 Å². The second kappa shape index (κ2) is 5.88. The van der Waals surface area contributed by atoms with Crippen molar-refractivity contribution in [3.05, 3.63) is 29.3 Å². The SMILES string of the molecule is CCCC(F)c1cc(C(C)CC)ccc1O. The lowest BCUT2D eigenvalue weighted by Gasteiger charge is -2.14. The lowest BCUT2D eigenvalue weighted by molar-refractivity contribution is 0.309. The fraction of sp³-hybridized carbons (Fsp3) is 0.571. The van der Waals surface area contributed by atoms with Crippen molar-refractivity contribution in [2.75, 3.05) is 0 Å². The highest BCUT2D eigenvalue weighted by atomic mass is 19.1. The molecule has 0 heterocycles. The minimum Gasteiger partial charge on any atom is -0.508 e. The highest BCUT2D eigenvalue weighted by Gasteiger charge is 2.15. The second-order valence-corrected chi connectivity index (χ2v) is 4.38. The monoisotopic (exact) mass is 224 g/mol. The van der Waals surface area contributed by atoms with E-state index in [0.29, 0.717) is 17.9 Å². The summed E-state index contributed by atoms with van der Waals surface area (Å²) in [5, 5.41) is 9.65. The van der Waals surface area contributed by atoms with Gasteiger partial charge in [-0.05, 0) is 36.5 Å². The molecule has 1 aromatic rings. The number of phenols is 1. The molecule has 0 aliphatic carbocycles. The van der Waals surface area contributed by atoms with Gasteiger partial charge in [0.05, 0.1) is 0 Å². The van der Waals surface area contributed by atoms with Gasteiger partial charge in [-0.15, -0.1) is 0 Å². The second-order valence-electron chi connectivity index (χ2n) is 4.38. The van der Waals surface area contributed by atoms with Gasteiger partial charge in [-0.3, -0.25) is 0 Å². The van der Waals surface area contributed by atoms with Crippen molar-refractivity contribution in [1.82, 2.24) is 0 Å². The molecule has 0 spiro atoms. The maximum absolute atomic E-state index is 13.8. The first-order chi connectivity index (χ1) is 7.60. The molecular formula is C14H21FO. The summed E-state index contributed by atoms with van der Waals surface area (Å²) in [6.07, 6.45) is 1.23. The lowest BCUT2D eigenvalue weighted by atomic mass is 9.94. The third kappa shape index (κ3) is 2.97. The van der Waals surface area contributed by atoms with Gasteiger partial charge in [0.1, 0.15) is 11.9 Å². The van der Waals surface area contributed by atoms with Crippen molar-refractivity contribution in [2.45, 2.75) is 52.1 Å². The van der Waals surface area contributed by atoms with E-state index in [1.165, 1.54) is 0 Å². The van der Waals surface area contributed by atoms with Crippen molar-refractivity contribution in [3.63, 3.8) is 0 Å². The molecule has 1 nitrogen and oxygen atoms in total. The number of alkyl halides is 1. The molecule has 2 atom stereocenters. The average molecular weight is 224 g/mol. The zero-order valence-corrected chi connectivity index (χ0v) is 10.3. The van der Waals surface area contributed by atoms with Crippen LogP contribution in [0.3, 0.4) is 0 Å². The average Bonchev–Trinajstić information content (AvgIpc) is 2.29. The maximum Gasteiger partial charge on any atom is 0.129 e. The standard InChI is InChI=1S/C14H21FO/c1-4-6-13(15)12-9-11(10(3)5-2)7-8-14(12)16/h7-10,13,16H,4-6H2,1-3H3. The molecule has 0 aromatic heterocycles. The van der Waals surface area contributed by atoms with Gasteiger partial charge in [0, 0.05) is 5.56 Å². The van der Waals surface area contributed by atoms with Gasteiger partial charge >= 0.3 is 0 Å². The molecule has 0 bridgehead atoms. The summed E-state index contributed by atoms with van der Waals surface area (Å²) in [7, 11) is 0. The van der Waals surface area contributed by atoms with Gasteiger partial charge in [0.15, 0.2) is 0 Å². The van der Waals surface area contributed by atoms with Crippen LogP contribution < -0.4 is 0 Å². The Morgan fingerprint density at radius 2 is 2.00 bits per heavy atom. The summed E-state index contributed by atoms with van der Waals surface area (Å²) in [5.41, 5.74) is 1.55. The molecule has 0 fully saturated rings. The molecule has 1 N–H and O–H groups in total. The van der Waals surface area contributed by atoms with Gasteiger partial charge in [0.25, 0.3) is 0 Å². The van der Waals surface area contributed by atoms with Crippen molar-refractivity contribution in [3.8, 4) is 5.75 Å². The summed E-state index contributed by atoms with van der Waals surface area (Å²) < 4.78 is 13.8. The predicted octanol–water partition coefficient (Wildman–Crippen LogP) is 4.72. The number of benzene rings is 1. The molecule has 0 saturated heterocycles. The highest BCUT2D eigenvalue weighted by Crippen LogP contribution is 2.33. The van der Waals surface area contributed by atoms with Crippen LogP contribution in [0, 0.1) is 0 Å². The van der Waals surface area contributed by atoms with E-state index in [1.54, 1.807) is 6.07 Å². The summed E-state index contributed by atoms with van der Waals surface area (Å²) in [6, 6.07) is 5.30. The number of hydrogen-bond acceptors (Lipinski definition) is 1. The van der Waals surface area contributed by atoms with E-state index in [1.807, 2.05) is 19.1 Å². The van der Waals surface area contributed by atoms with Crippen molar-refractivity contribution in [2.24, 2.45) is 0 Å². The third-order valence-corrected chi connectivity index (χ3v) is 3.11. The normalized spacial score (nSPS) is 14.8. The van der Waals surface area contributed by atoms with E-state index in [2.05, 4.69) is 13.8 Å². The van der Waals surface area contributed by atoms with E-state index < -0.39 is 6.17 Å². The molecule has 1 rings (SSSR count). The van der Waals surface area contributed by atoms with Crippen LogP contribution in [-0.2, 0) is 0 Å². The Labute approximate surface area is 97.3 Å². The minimum absolute atomic E-state index is 0.0769. The Morgan fingerprint density at radius 3 is 2.56 bits per heavy atom. The summed E-state index contributed by atoms with van der Waals surface area (Å²) in [5.74, 6) is 0.487. The first-order valence-corrected chi connectivity index (χ1v) is 6.07. The molecular weight excluding hydrogens is 203 g/mol. The number of rotatable bonds is 5. The quantitative estimate of drug-likeness (QED) is 0.767. The summed E-state index contributed by atoms with van der Waals surface area (Å²) in [4.78, 5) is 0. The predicted molar refractivity (Wildman–Crippen MR) is 65.6 cm³/mol. The smallest absolute Gasteiger partial charge is 0.129 e. The molecule has 0 aliphatic rings. The molecule has 1 aromatic carbocycles. The van der Waals surface area contributed by atoms with Gasteiger partial charge in [-0.25, -0.2) is 4.39 Å². The highest BCUT2D eigenvalue weighted by molar-refractivity contribution is 5.38. The largest absolute Gasteiger partial charge is 0.508 e. The fourth-order valence-corrected chi connectivity index (χ4v) is 1.78. The van der Waals surface area contributed by atoms with Crippen molar-refractivity contribution >= 4 is 0 Å². The molecule has 0 amide bonds. The van der Waals surface area contributed by atoms with Crippen LogP contribution in [-0.4, -0.2) is 5.11 Å². The Bertz CT molecular complexity index is 336.